The van der Waals surface area contributed by atoms with Crippen LogP contribution in [0.15, 0.2) is 42.5 Å². The molecular formula is C20H15N3O. The van der Waals surface area contributed by atoms with Crippen molar-refractivity contribution in [3.63, 3.8) is 0 Å². The predicted octanol–water partition coefficient (Wildman–Crippen LogP) is 3.95. The first-order chi connectivity index (χ1) is 11.7. The van der Waals surface area contributed by atoms with E-state index in [1.807, 2.05) is 49.4 Å². The number of nitrogens with one attached hydrogen (secondary N) is 1. The van der Waals surface area contributed by atoms with Crippen LogP contribution < -0.4 is 4.74 Å². The fourth-order valence-corrected chi connectivity index (χ4v) is 2.39. The molecule has 1 N–H and O–H groups in total. The summed E-state index contributed by atoms with van der Waals surface area (Å²) < 4.78 is 5.41. The molecular weight excluding hydrogens is 298 g/mol. The number of H-pyrrole nitrogens is 1. The Labute approximate surface area is 140 Å². The number of imidazole rings is 1. The number of allylic oxidation sites excluding steroid dienone is 1. The monoisotopic (exact) mass is 313 g/mol. The van der Waals surface area contributed by atoms with Crippen molar-refractivity contribution in [1.82, 2.24) is 9.97 Å². The highest BCUT2D eigenvalue weighted by molar-refractivity contribution is 5.90. The normalized spacial score (nSPS) is 11.0. The van der Waals surface area contributed by atoms with Crippen LogP contribution in [-0.2, 0) is 0 Å². The first-order valence-corrected chi connectivity index (χ1v) is 7.44. The van der Waals surface area contributed by atoms with Crippen molar-refractivity contribution in [2.75, 3.05) is 6.61 Å². The van der Waals surface area contributed by atoms with Gasteiger partial charge < -0.3 is 9.72 Å². The molecule has 0 saturated heterocycles. The molecule has 1 heterocycles. The lowest BCUT2D eigenvalue weighted by Crippen LogP contribution is -1.93. The van der Waals surface area contributed by atoms with Crippen LogP contribution in [0.2, 0.25) is 0 Å². The Hall–Kier alpha value is -3.50. The lowest BCUT2D eigenvalue weighted by atomic mass is 10.1. The summed E-state index contributed by atoms with van der Waals surface area (Å²) in [6.45, 7) is 2.23. The van der Waals surface area contributed by atoms with Crippen molar-refractivity contribution < 1.29 is 4.74 Å². The van der Waals surface area contributed by atoms with Crippen molar-refractivity contribution in [2.45, 2.75) is 6.92 Å². The smallest absolute Gasteiger partial charge is 0.149 e. The SMILES string of the molecule is C#CCOc1cccc(/C=C(/C#N)c2nc3ccc(C)cc3[nH]2)c1. The summed E-state index contributed by atoms with van der Waals surface area (Å²) in [6.07, 6.45) is 6.97. The second-order valence-electron chi connectivity index (χ2n) is 5.34. The maximum Gasteiger partial charge on any atom is 0.149 e. The first kappa shape index (κ1) is 15.4. The van der Waals surface area contributed by atoms with Crippen LogP contribution in [0.3, 0.4) is 0 Å². The van der Waals surface area contributed by atoms with Crippen LogP contribution in [0.5, 0.6) is 5.75 Å². The molecule has 24 heavy (non-hydrogen) atoms. The molecule has 2 aromatic carbocycles. The zero-order valence-corrected chi connectivity index (χ0v) is 13.2. The van der Waals surface area contributed by atoms with E-state index in [4.69, 9.17) is 11.2 Å². The minimum Gasteiger partial charge on any atom is -0.481 e. The number of hydrogen-bond acceptors (Lipinski definition) is 3. The van der Waals surface area contributed by atoms with E-state index in [1.165, 1.54) is 0 Å². The van der Waals surface area contributed by atoms with Crippen molar-refractivity contribution in [3.8, 4) is 24.2 Å². The second-order valence-corrected chi connectivity index (χ2v) is 5.34. The van der Waals surface area contributed by atoms with Crippen molar-refractivity contribution in [2.24, 2.45) is 0 Å². The third-order valence-electron chi connectivity index (χ3n) is 3.50. The number of rotatable bonds is 4. The molecule has 3 rings (SSSR count). The Kier molecular flexibility index (Phi) is 4.32. The van der Waals surface area contributed by atoms with Gasteiger partial charge in [0.15, 0.2) is 0 Å². The van der Waals surface area contributed by atoms with E-state index in [0.29, 0.717) is 17.1 Å². The largest absolute Gasteiger partial charge is 0.481 e. The average Bonchev–Trinajstić information content (AvgIpc) is 3.01. The van der Waals surface area contributed by atoms with Gasteiger partial charge in [-0.1, -0.05) is 24.1 Å². The number of nitriles is 1. The van der Waals surface area contributed by atoms with Crippen LogP contribution in [-0.4, -0.2) is 16.6 Å². The van der Waals surface area contributed by atoms with Gasteiger partial charge in [-0.05, 0) is 48.4 Å². The molecule has 116 valence electrons. The molecule has 0 saturated carbocycles. The lowest BCUT2D eigenvalue weighted by Gasteiger charge is -2.03. The third kappa shape index (κ3) is 3.29. The van der Waals surface area contributed by atoms with Crippen molar-refractivity contribution in [1.29, 1.82) is 5.26 Å². The van der Waals surface area contributed by atoms with Crippen LogP contribution in [0, 0.1) is 30.6 Å². The maximum absolute atomic E-state index is 9.50. The number of nitrogens with zero attached hydrogens (tertiary/aromatic N) is 2. The highest BCUT2D eigenvalue weighted by Gasteiger charge is 2.08. The Balaban J connectivity index is 1.97. The molecule has 0 bridgehead atoms. The standard InChI is InChI=1S/C20H15N3O/c1-3-9-24-17-6-4-5-15(12-17)11-16(13-21)20-22-18-8-7-14(2)10-19(18)23-20/h1,4-8,10-12H,9H2,2H3,(H,22,23)/b16-11-. The highest BCUT2D eigenvalue weighted by Crippen LogP contribution is 2.22. The molecule has 3 aromatic rings. The molecule has 0 aliphatic carbocycles. The average molecular weight is 313 g/mol. The molecule has 4 nitrogen and oxygen atoms in total. The number of aromatic amines is 1. The van der Waals surface area contributed by atoms with Gasteiger partial charge in [0.1, 0.15) is 24.3 Å². The molecule has 0 fully saturated rings. The summed E-state index contributed by atoms with van der Waals surface area (Å²) in [5.74, 6) is 3.64. The molecule has 0 aliphatic rings. The van der Waals surface area contributed by atoms with E-state index in [0.717, 1.165) is 22.2 Å². The second kappa shape index (κ2) is 6.73. The zero-order chi connectivity index (χ0) is 16.9. The van der Waals surface area contributed by atoms with Gasteiger partial charge in [0.05, 0.1) is 16.6 Å². The third-order valence-corrected chi connectivity index (χ3v) is 3.50. The van der Waals surface area contributed by atoms with Gasteiger partial charge in [0.25, 0.3) is 0 Å². The molecule has 1 aromatic heterocycles. The van der Waals surface area contributed by atoms with E-state index in [2.05, 4.69) is 22.0 Å². The van der Waals surface area contributed by atoms with Gasteiger partial charge in [-0.15, -0.1) is 6.42 Å². The minimum atomic E-state index is 0.210. The van der Waals surface area contributed by atoms with E-state index in [-0.39, 0.29) is 6.61 Å². The van der Waals surface area contributed by atoms with E-state index in [1.54, 1.807) is 6.08 Å². The lowest BCUT2D eigenvalue weighted by molar-refractivity contribution is 0.370. The van der Waals surface area contributed by atoms with Crippen LogP contribution in [0.4, 0.5) is 0 Å². The first-order valence-electron chi connectivity index (χ1n) is 7.44. The Morgan fingerprint density at radius 2 is 2.21 bits per heavy atom. The van der Waals surface area contributed by atoms with Gasteiger partial charge in [0.2, 0.25) is 0 Å². The Morgan fingerprint density at radius 1 is 1.33 bits per heavy atom. The number of fused-ring (bicyclic) bond motifs is 1. The van der Waals surface area contributed by atoms with Gasteiger partial charge in [-0.25, -0.2) is 4.98 Å². The zero-order valence-electron chi connectivity index (χ0n) is 13.2. The van der Waals surface area contributed by atoms with E-state index >= 15 is 0 Å². The number of aromatic nitrogens is 2. The fourth-order valence-electron chi connectivity index (χ4n) is 2.39. The summed E-state index contributed by atoms with van der Waals surface area (Å²) in [4.78, 5) is 7.69. The molecule has 4 heteroatoms. The van der Waals surface area contributed by atoms with Gasteiger partial charge in [-0.3, -0.25) is 0 Å². The van der Waals surface area contributed by atoms with Crippen LogP contribution in [0.25, 0.3) is 22.7 Å². The van der Waals surface area contributed by atoms with Crippen LogP contribution >= 0.6 is 0 Å². The number of aryl methyl sites for hydroxylation is 1. The molecule has 0 spiro atoms. The number of terminal acetylenes is 1. The molecule has 0 amide bonds. The molecule has 0 radical (unpaired) electrons. The van der Waals surface area contributed by atoms with Crippen molar-refractivity contribution >= 4 is 22.7 Å². The summed E-state index contributed by atoms with van der Waals surface area (Å²) in [5.41, 5.74) is 4.19. The highest BCUT2D eigenvalue weighted by atomic mass is 16.5. The van der Waals surface area contributed by atoms with Gasteiger partial charge >= 0.3 is 0 Å². The molecule has 0 unspecified atom stereocenters. The number of ether oxygens (including phenoxy) is 1. The summed E-state index contributed by atoms with van der Waals surface area (Å²) >= 11 is 0. The summed E-state index contributed by atoms with van der Waals surface area (Å²) in [5, 5.41) is 9.50. The van der Waals surface area contributed by atoms with Gasteiger partial charge in [-0.2, -0.15) is 5.26 Å². The van der Waals surface area contributed by atoms with Crippen molar-refractivity contribution in [3.05, 3.63) is 59.4 Å². The maximum atomic E-state index is 9.50. The van der Waals surface area contributed by atoms with Crippen LogP contribution in [0.1, 0.15) is 17.0 Å². The topological polar surface area (TPSA) is 61.7 Å². The van der Waals surface area contributed by atoms with E-state index < -0.39 is 0 Å². The summed E-state index contributed by atoms with van der Waals surface area (Å²) in [7, 11) is 0. The molecule has 0 atom stereocenters. The van der Waals surface area contributed by atoms with E-state index in [9.17, 15) is 5.26 Å². The number of benzene rings is 2. The Bertz CT molecular complexity index is 1000. The minimum absolute atomic E-state index is 0.210. The Morgan fingerprint density at radius 3 is 3.00 bits per heavy atom. The predicted molar refractivity (Wildman–Crippen MR) is 95.1 cm³/mol. The van der Waals surface area contributed by atoms with Gasteiger partial charge in [0, 0.05) is 0 Å². The fraction of sp³-hybridized carbons (Fsp3) is 0.100. The summed E-state index contributed by atoms with van der Waals surface area (Å²) in [6, 6.07) is 15.6. The quantitative estimate of drug-likeness (QED) is 0.586. The number of hydrogen-bond donors (Lipinski definition) is 1. The molecule has 0 aliphatic heterocycles.